The number of phenolic OH excluding ortho intramolecular Hbond substituents is 3. The van der Waals surface area contributed by atoms with E-state index in [1.54, 1.807) is 24.3 Å². The SMILES string of the molecule is C.C.Cn1c(-c2ccccc2O)nc2c(-c3[c-]c(-c4ccccn4)cc(-c4cc(C(C)(C)C)cc(C(C)(C)C)c4)c3)cccc21.Cn1c(-c2ccccc2O)nc2c(-c3cc(-c4cc(C(C)(C)C)cc(C(C)(C)C)c4)cc(-c4ccccn4)c3)cccc21.Cn1c(-c2ccccc2O)nc2c(Br)cccc21.[2HH].[Pt]. The largest absolute Gasteiger partial charge is 0.507 e. The van der Waals surface area contributed by atoms with Gasteiger partial charge in [-0.15, -0.1) is 23.8 Å². The molecule has 0 spiro atoms. The van der Waals surface area contributed by atoms with Crippen molar-refractivity contribution in [1.29, 1.82) is 0 Å². The van der Waals surface area contributed by atoms with Crippen molar-refractivity contribution < 1.29 is 37.8 Å². The van der Waals surface area contributed by atoms with Crippen LogP contribution in [0.25, 0.3) is 134 Å². The van der Waals surface area contributed by atoms with Crippen LogP contribution in [0, 0.1) is 6.07 Å². The molecule has 0 saturated heterocycles. The molecule has 0 bridgehead atoms. The molecule has 11 nitrogen and oxygen atoms in total. The summed E-state index contributed by atoms with van der Waals surface area (Å²) in [4.78, 5) is 24.2. The standard InChI is InChI=1S/C39H39N3O.C39H38N3O.C14H11BrN2O.2CH4.Pt.H2/c2*1-38(2,3)29-22-26(23-30(24-29)39(4,5)6)25-19-27(21-28(20-25)33-15-10-11-18-40-33)31-14-12-16-34-36(31)41-37(42(34)7)32-13-8-9-17-35(32)43;1-17-11-7-4-6-10(15)13(11)16-14(17)9-5-2-3-8-12(9)18;;;;/h8-24,43H,1-7H3;8-20,22-24,43H,1-7H3;2-8,18H,1H3;2*1H4;;1H/q;-1;;;;;/i;;;;;;1+1. The molecular weight excluding hydrogens is 1560 g/mol. The molecule has 0 atom stereocenters. The van der Waals surface area contributed by atoms with Crippen molar-refractivity contribution in [3.05, 3.63) is 276 Å². The van der Waals surface area contributed by atoms with E-state index in [1.807, 2.05) is 140 Å². The molecule has 0 saturated carbocycles. The van der Waals surface area contributed by atoms with Crippen LogP contribution in [0.2, 0.25) is 0 Å². The number of phenols is 3. The average molecular weight is 1660 g/mol. The molecular formula is C94H98BrN8O3Pt-. The minimum absolute atomic E-state index is 0. The van der Waals surface area contributed by atoms with Crippen molar-refractivity contribution in [1.82, 2.24) is 38.6 Å². The Labute approximate surface area is 655 Å². The summed E-state index contributed by atoms with van der Waals surface area (Å²) >= 11 is 3.50. The average Bonchev–Trinajstić information content (AvgIpc) is 1.42. The van der Waals surface area contributed by atoms with Gasteiger partial charge in [-0.1, -0.05) is 236 Å². The number of para-hydroxylation sites is 6. The van der Waals surface area contributed by atoms with Gasteiger partial charge in [0, 0.05) is 77.3 Å². The summed E-state index contributed by atoms with van der Waals surface area (Å²) in [5, 5.41) is 31.2. The van der Waals surface area contributed by atoms with E-state index >= 15 is 0 Å². The number of pyridine rings is 2. The Morgan fingerprint density at radius 3 is 1.07 bits per heavy atom. The van der Waals surface area contributed by atoms with Gasteiger partial charge in [-0.3, -0.25) is 9.97 Å². The molecule has 15 rings (SSSR count). The van der Waals surface area contributed by atoms with Gasteiger partial charge < -0.3 is 29.0 Å². The third kappa shape index (κ3) is 16.6. The Hall–Kier alpha value is -10.5. The summed E-state index contributed by atoms with van der Waals surface area (Å²) in [6.45, 7) is 27.3. The summed E-state index contributed by atoms with van der Waals surface area (Å²) in [5.74, 6) is 2.88. The third-order valence-corrected chi connectivity index (χ3v) is 20.1. The molecule has 0 aliphatic carbocycles. The van der Waals surface area contributed by atoms with E-state index in [1.165, 1.54) is 33.4 Å². The number of aromatic nitrogens is 8. The molecule has 0 amide bonds. The maximum absolute atomic E-state index is 10.6. The molecule has 5 aromatic heterocycles. The number of fused-ring (bicyclic) bond motifs is 3. The number of hydrogen-bond acceptors (Lipinski definition) is 8. The molecule has 0 fully saturated rings. The first-order valence-corrected chi connectivity index (χ1v) is 36.0. The Morgan fingerprint density at radius 2 is 0.654 bits per heavy atom. The van der Waals surface area contributed by atoms with Crippen LogP contribution in [0.1, 0.15) is 122 Å². The molecule has 0 unspecified atom stereocenters. The minimum atomic E-state index is 0. The number of halogens is 1. The molecule has 0 radical (unpaired) electrons. The van der Waals surface area contributed by atoms with Gasteiger partial charge in [-0.25, -0.2) is 15.0 Å². The molecule has 5 heterocycles. The fourth-order valence-corrected chi connectivity index (χ4v) is 13.7. The molecule has 10 aromatic carbocycles. The van der Waals surface area contributed by atoms with Crippen LogP contribution in [-0.4, -0.2) is 53.9 Å². The van der Waals surface area contributed by atoms with E-state index in [0.717, 1.165) is 111 Å². The van der Waals surface area contributed by atoms with Crippen LogP contribution in [0.5, 0.6) is 17.2 Å². The predicted molar refractivity (Wildman–Crippen MR) is 449 cm³/mol. The molecule has 0 aliphatic heterocycles. The summed E-state index contributed by atoms with van der Waals surface area (Å²) in [7, 11) is 5.94. The molecule has 15 aromatic rings. The number of imidazole rings is 3. The second kappa shape index (κ2) is 31.5. The monoisotopic (exact) mass is 1660 g/mol. The first-order chi connectivity index (χ1) is 49.5. The van der Waals surface area contributed by atoms with Crippen molar-refractivity contribution in [3.63, 3.8) is 0 Å². The number of aryl methyl sites for hydroxylation is 3. The molecule has 13 heteroatoms. The first-order valence-electron chi connectivity index (χ1n) is 35.2. The van der Waals surface area contributed by atoms with Gasteiger partial charge in [0.25, 0.3) is 0 Å². The molecule has 0 aliphatic rings. The number of aromatic hydroxyl groups is 3. The molecule has 550 valence electrons. The van der Waals surface area contributed by atoms with E-state index in [0.29, 0.717) is 17.0 Å². The quantitative estimate of drug-likeness (QED) is 0.121. The van der Waals surface area contributed by atoms with Crippen molar-refractivity contribution >= 4 is 49.0 Å². The smallest absolute Gasteiger partial charge is 0.144 e. The number of nitrogens with zero attached hydrogens (tertiary/aromatic N) is 8. The number of rotatable bonds is 9. The van der Waals surface area contributed by atoms with Gasteiger partial charge in [-0.05, 0) is 179 Å². The topological polar surface area (TPSA) is 140 Å². The molecule has 3 N–H and O–H groups in total. The van der Waals surface area contributed by atoms with Gasteiger partial charge >= 0.3 is 0 Å². The Kier molecular flexibility index (Phi) is 23.3. The van der Waals surface area contributed by atoms with Crippen molar-refractivity contribution in [2.75, 3.05) is 0 Å². The summed E-state index contributed by atoms with van der Waals surface area (Å²) in [6, 6.07) is 81.4. The summed E-state index contributed by atoms with van der Waals surface area (Å²) < 4.78 is 7.03. The first kappa shape index (κ1) is 79.1. The van der Waals surface area contributed by atoms with E-state index in [9.17, 15) is 15.3 Å². The zero-order chi connectivity index (χ0) is 73.7. The fraction of sp³-hybridized carbons (Fsp3) is 0.223. The van der Waals surface area contributed by atoms with Gasteiger partial charge in [0.2, 0.25) is 0 Å². The van der Waals surface area contributed by atoms with Gasteiger partial charge in [-0.2, -0.15) is 0 Å². The van der Waals surface area contributed by atoms with Crippen LogP contribution in [0.15, 0.2) is 247 Å². The maximum Gasteiger partial charge on any atom is 0.144 e. The van der Waals surface area contributed by atoms with Crippen molar-refractivity contribution in [3.8, 4) is 118 Å². The fourth-order valence-electron chi connectivity index (χ4n) is 13.3. The third-order valence-electron chi connectivity index (χ3n) is 19.4. The van der Waals surface area contributed by atoms with Gasteiger partial charge in [0.05, 0.1) is 50.0 Å². The van der Waals surface area contributed by atoms with Crippen LogP contribution in [0.3, 0.4) is 0 Å². The Balaban J connectivity index is 0.000000197. The maximum atomic E-state index is 10.6. The van der Waals surface area contributed by atoms with E-state index in [-0.39, 0.29) is 76.3 Å². The van der Waals surface area contributed by atoms with Crippen LogP contribution < -0.4 is 0 Å². The summed E-state index contributed by atoms with van der Waals surface area (Å²) in [5.41, 5.74) is 25.6. The normalized spacial score (nSPS) is 11.6. The van der Waals surface area contributed by atoms with Gasteiger partial charge in [0.15, 0.2) is 0 Å². The van der Waals surface area contributed by atoms with Crippen molar-refractivity contribution in [2.45, 2.75) is 120 Å². The van der Waals surface area contributed by atoms with Crippen LogP contribution >= 0.6 is 15.9 Å². The summed E-state index contributed by atoms with van der Waals surface area (Å²) in [6.07, 6.45) is 3.67. The van der Waals surface area contributed by atoms with Crippen LogP contribution in [-0.2, 0) is 63.9 Å². The Morgan fingerprint density at radius 1 is 0.327 bits per heavy atom. The van der Waals surface area contributed by atoms with Crippen molar-refractivity contribution in [2.24, 2.45) is 21.1 Å². The number of benzene rings is 10. The van der Waals surface area contributed by atoms with E-state index in [2.05, 4.69) is 229 Å². The predicted octanol–water partition coefficient (Wildman–Crippen LogP) is 24.9. The Bertz CT molecular complexity index is 5360. The second-order valence-corrected chi connectivity index (χ2v) is 31.9. The zero-order valence-corrected chi connectivity index (χ0v) is 66.1. The minimum Gasteiger partial charge on any atom is -0.507 e. The van der Waals surface area contributed by atoms with Crippen LogP contribution in [0.4, 0.5) is 0 Å². The second-order valence-electron chi connectivity index (χ2n) is 31.0. The van der Waals surface area contributed by atoms with Gasteiger partial charge in [0.1, 0.15) is 40.2 Å². The van der Waals surface area contributed by atoms with E-state index < -0.39 is 0 Å². The zero-order valence-electron chi connectivity index (χ0n) is 62.2. The van der Waals surface area contributed by atoms with E-state index in [4.69, 9.17) is 15.0 Å². The molecule has 107 heavy (non-hydrogen) atoms. The number of hydrogen-bond donors (Lipinski definition) is 3.